The van der Waals surface area contributed by atoms with E-state index in [2.05, 4.69) is 21.7 Å². The summed E-state index contributed by atoms with van der Waals surface area (Å²) in [6.45, 7) is 2.49. The third-order valence-corrected chi connectivity index (χ3v) is 2.28. The molecule has 1 atom stereocenters. The summed E-state index contributed by atoms with van der Waals surface area (Å²) in [6.07, 6.45) is 2.96. The predicted octanol–water partition coefficient (Wildman–Crippen LogP) is 0.871. The van der Waals surface area contributed by atoms with E-state index in [-0.39, 0.29) is 24.4 Å². The number of esters is 2. The third-order valence-electron chi connectivity index (χ3n) is 2.28. The molecule has 0 radical (unpaired) electrons. The highest BCUT2D eigenvalue weighted by molar-refractivity contribution is 5.75. The second-order valence-corrected chi connectivity index (χ2v) is 3.50. The molecule has 0 bridgehead atoms. The fourth-order valence-electron chi connectivity index (χ4n) is 1.30. The van der Waals surface area contributed by atoms with Crippen LogP contribution in [0.2, 0.25) is 0 Å². The van der Waals surface area contributed by atoms with Gasteiger partial charge in [0.25, 0.3) is 0 Å². The molecule has 5 nitrogen and oxygen atoms in total. The Kier molecular flexibility index (Phi) is 8.52. The highest BCUT2D eigenvalue weighted by atomic mass is 16.5. The van der Waals surface area contributed by atoms with E-state index >= 15 is 0 Å². The Bertz CT molecular complexity index is 218. The predicted molar refractivity (Wildman–Crippen MR) is 60.0 cm³/mol. The lowest BCUT2D eigenvalue weighted by Crippen LogP contribution is -2.38. The van der Waals surface area contributed by atoms with Crippen LogP contribution in [-0.4, -0.2) is 38.7 Å². The molecule has 16 heavy (non-hydrogen) atoms. The lowest BCUT2D eigenvalue weighted by Gasteiger charge is -2.15. The van der Waals surface area contributed by atoms with Crippen LogP contribution < -0.4 is 5.32 Å². The molecule has 0 saturated carbocycles. The molecule has 1 N–H and O–H groups in total. The molecule has 0 aromatic carbocycles. The van der Waals surface area contributed by atoms with Gasteiger partial charge in [0.2, 0.25) is 0 Å². The number of unbranched alkanes of at least 4 members (excludes halogenated alkanes) is 1. The highest BCUT2D eigenvalue weighted by Crippen LogP contribution is 2.02. The number of hydrogen-bond acceptors (Lipinski definition) is 5. The van der Waals surface area contributed by atoms with Crippen molar-refractivity contribution in [1.82, 2.24) is 5.32 Å². The van der Waals surface area contributed by atoms with Gasteiger partial charge in [0, 0.05) is 6.54 Å². The number of rotatable bonds is 8. The second-order valence-electron chi connectivity index (χ2n) is 3.50. The van der Waals surface area contributed by atoms with Crippen LogP contribution in [-0.2, 0) is 19.1 Å². The number of carbonyl (C=O) groups excluding carboxylic acids is 2. The van der Waals surface area contributed by atoms with Crippen molar-refractivity contribution in [3.63, 3.8) is 0 Å². The van der Waals surface area contributed by atoms with Crippen molar-refractivity contribution in [1.29, 1.82) is 0 Å². The van der Waals surface area contributed by atoms with E-state index in [1.807, 2.05) is 0 Å². The van der Waals surface area contributed by atoms with Crippen molar-refractivity contribution >= 4 is 11.9 Å². The molecule has 0 aromatic rings. The first-order valence-electron chi connectivity index (χ1n) is 5.53. The number of hydrogen-bond donors (Lipinski definition) is 1. The van der Waals surface area contributed by atoms with Crippen LogP contribution in [0.3, 0.4) is 0 Å². The third kappa shape index (κ3) is 6.40. The van der Waals surface area contributed by atoms with Crippen molar-refractivity contribution in [3.05, 3.63) is 0 Å². The monoisotopic (exact) mass is 231 g/mol. The second kappa shape index (κ2) is 9.15. The molecule has 0 amide bonds. The molecule has 0 aliphatic heterocycles. The smallest absolute Gasteiger partial charge is 0.322 e. The summed E-state index contributed by atoms with van der Waals surface area (Å²) in [7, 11) is 2.71. The Morgan fingerprint density at radius 1 is 1.25 bits per heavy atom. The van der Waals surface area contributed by atoms with Crippen LogP contribution in [0.25, 0.3) is 0 Å². The molecule has 1 unspecified atom stereocenters. The van der Waals surface area contributed by atoms with E-state index in [0.717, 1.165) is 19.3 Å². The van der Waals surface area contributed by atoms with Crippen LogP contribution in [0.5, 0.6) is 0 Å². The Morgan fingerprint density at radius 2 is 1.94 bits per heavy atom. The average molecular weight is 231 g/mol. The number of nitrogens with one attached hydrogen (secondary N) is 1. The summed E-state index contributed by atoms with van der Waals surface area (Å²) >= 11 is 0. The van der Waals surface area contributed by atoms with Crippen molar-refractivity contribution in [2.24, 2.45) is 0 Å². The molecule has 0 aliphatic carbocycles. The van der Waals surface area contributed by atoms with Gasteiger partial charge in [0.1, 0.15) is 6.04 Å². The largest absolute Gasteiger partial charge is 0.469 e. The molecule has 5 heteroatoms. The maximum absolute atomic E-state index is 11.4. The van der Waals surface area contributed by atoms with Gasteiger partial charge < -0.3 is 14.8 Å². The summed E-state index contributed by atoms with van der Waals surface area (Å²) in [5.41, 5.74) is 0. The van der Waals surface area contributed by atoms with Gasteiger partial charge in [-0.1, -0.05) is 19.8 Å². The van der Waals surface area contributed by atoms with Crippen LogP contribution in [0.1, 0.15) is 32.6 Å². The molecular weight excluding hydrogens is 210 g/mol. The molecule has 0 spiro atoms. The maximum Gasteiger partial charge on any atom is 0.322 e. The lowest BCUT2D eigenvalue weighted by molar-refractivity contribution is -0.144. The van der Waals surface area contributed by atoms with E-state index < -0.39 is 0 Å². The summed E-state index contributed by atoms with van der Waals surface area (Å²) in [5.74, 6) is -0.565. The highest BCUT2D eigenvalue weighted by Gasteiger charge is 2.17. The fourth-order valence-corrected chi connectivity index (χ4v) is 1.30. The van der Waals surface area contributed by atoms with Gasteiger partial charge in [-0.2, -0.15) is 0 Å². The molecule has 0 fully saturated rings. The van der Waals surface area contributed by atoms with Crippen molar-refractivity contribution in [3.8, 4) is 0 Å². The fraction of sp³-hybridized carbons (Fsp3) is 0.818. The van der Waals surface area contributed by atoms with Crippen molar-refractivity contribution in [2.75, 3.05) is 20.8 Å². The van der Waals surface area contributed by atoms with Gasteiger partial charge in [-0.15, -0.1) is 0 Å². The van der Waals surface area contributed by atoms with Gasteiger partial charge in [-0.05, 0) is 6.42 Å². The maximum atomic E-state index is 11.4. The van der Waals surface area contributed by atoms with Crippen LogP contribution in [0, 0.1) is 0 Å². The quantitative estimate of drug-likeness (QED) is 0.628. The minimum Gasteiger partial charge on any atom is -0.469 e. The van der Waals surface area contributed by atoms with Gasteiger partial charge in [-0.25, -0.2) is 0 Å². The SMILES string of the molecule is CCCCC(NCCC(=O)OC)C(=O)OC. The van der Waals surface area contributed by atoms with Gasteiger partial charge >= 0.3 is 11.9 Å². The summed E-state index contributed by atoms with van der Waals surface area (Å²) in [4.78, 5) is 22.2. The van der Waals surface area contributed by atoms with E-state index in [0.29, 0.717) is 6.54 Å². The van der Waals surface area contributed by atoms with Crippen LogP contribution >= 0.6 is 0 Å². The van der Waals surface area contributed by atoms with E-state index in [4.69, 9.17) is 0 Å². The standard InChI is InChI=1S/C11H21NO4/c1-4-5-6-9(11(14)16-3)12-8-7-10(13)15-2/h9,12H,4-8H2,1-3H3. The zero-order valence-corrected chi connectivity index (χ0v) is 10.2. The van der Waals surface area contributed by atoms with E-state index in [9.17, 15) is 9.59 Å². The molecule has 0 heterocycles. The molecule has 94 valence electrons. The number of methoxy groups -OCH3 is 2. The minimum absolute atomic E-state index is 0.260. The van der Waals surface area contributed by atoms with Crippen molar-refractivity contribution in [2.45, 2.75) is 38.6 Å². The average Bonchev–Trinajstić information content (AvgIpc) is 2.32. The topological polar surface area (TPSA) is 64.6 Å². The van der Waals surface area contributed by atoms with Gasteiger partial charge in [0.15, 0.2) is 0 Å². The van der Waals surface area contributed by atoms with Gasteiger partial charge in [-0.3, -0.25) is 9.59 Å². The van der Waals surface area contributed by atoms with Gasteiger partial charge in [0.05, 0.1) is 20.6 Å². The Morgan fingerprint density at radius 3 is 2.44 bits per heavy atom. The summed E-state index contributed by atoms with van der Waals surface area (Å²) in [5, 5.41) is 3.00. The first kappa shape index (κ1) is 14.9. The molecular formula is C11H21NO4. The first-order chi connectivity index (χ1) is 7.65. The van der Waals surface area contributed by atoms with Crippen LogP contribution in [0.15, 0.2) is 0 Å². The molecule has 0 aromatic heterocycles. The zero-order chi connectivity index (χ0) is 12.4. The minimum atomic E-state index is -0.324. The number of ether oxygens (including phenoxy) is 2. The lowest BCUT2D eigenvalue weighted by atomic mass is 10.1. The van der Waals surface area contributed by atoms with E-state index in [1.54, 1.807) is 0 Å². The molecule has 0 saturated heterocycles. The Balaban J connectivity index is 3.91. The molecule has 0 aliphatic rings. The normalized spacial score (nSPS) is 11.9. The molecule has 0 rings (SSSR count). The Hall–Kier alpha value is -1.10. The van der Waals surface area contributed by atoms with Crippen molar-refractivity contribution < 1.29 is 19.1 Å². The Labute approximate surface area is 96.5 Å². The summed E-state index contributed by atoms with van der Waals surface area (Å²) < 4.78 is 9.18. The number of carbonyl (C=O) groups is 2. The first-order valence-corrected chi connectivity index (χ1v) is 5.53. The van der Waals surface area contributed by atoms with E-state index in [1.165, 1.54) is 14.2 Å². The zero-order valence-electron chi connectivity index (χ0n) is 10.2. The summed E-state index contributed by atoms with van der Waals surface area (Å²) in [6, 6.07) is -0.324. The van der Waals surface area contributed by atoms with Crippen LogP contribution in [0.4, 0.5) is 0 Å².